The number of nitrogens with one attached hydrogen (secondary N) is 1. The highest BCUT2D eigenvalue weighted by atomic mass is 19.4. The number of rotatable bonds is 4. The molecule has 0 saturated carbocycles. The van der Waals surface area contributed by atoms with Gasteiger partial charge in [-0.05, 0) is 57.5 Å². The van der Waals surface area contributed by atoms with Gasteiger partial charge in [0, 0.05) is 29.4 Å². The molecule has 9 nitrogen and oxygen atoms in total. The minimum atomic E-state index is -4.51. The lowest BCUT2D eigenvalue weighted by Crippen LogP contribution is -2.27. The van der Waals surface area contributed by atoms with Crippen molar-refractivity contribution >= 4 is 28.5 Å². The van der Waals surface area contributed by atoms with Crippen molar-refractivity contribution in [2.75, 3.05) is 11.1 Å². The average Bonchev–Trinajstić information content (AvgIpc) is 3.25. The Balaban J connectivity index is 1.64. The van der Waals surface area contributed by atoms with E-state index in [2.05, 4.69) is 25.4 Å². The average molecular weight is 499 g/mol. The van der Waals surface area contributed by atoms with Gasteiger partial charge in [-0.3, -0.25) is 4.98 Å². The van der Waals surface area contributed by atoms with E-state index in [0.717, 1.165) is 16.8 Å². The lowest BCUT2D eigenvalue weighted by Gasteiger charge is -2.18. The first-order valence-electron chi connectivity index (χ1n) is 10.9. The molecular formula is C24H24F3N7O2. The fourth-order valence-electron chi connectivity index (χ4n) is 3.47. The molecule has 12 heteroatoms. The molecule has 0 spiro atoms. The highest BCUT2D eigenvalue weighted by molar-refractivity contribution is 5.91. The topological polar surface area (TPSA) is 121 Å². The van der Waals surface area contributed by atoms with Gasteiger partial charge in [-0.15, -0.1) is 0 Å². The van der Waals surface area contributed by atoms with Crippen molar-refractivity contribution in [2.45, 2.75) is 46.0 Å². The zero-order valence-electron chi connectivity index (χ0n) is 20.0. The van der Waals surface area contributed by atoms with E-state index in [1.807, 2.05) is 0 Å². The molecule has 0 unspecified atom stereocenters. The van der Waals surface area contributed by atoms with Gasteiger partial charge in [-0.2, -0.15) is 23.0 Å². The second kappa shape index (κ2) is 9.10. The predicted molar refractivity (Wildman–Crippen MR) is 128 cm³/mol. The van der Waals surface area contributed by atoms with Crippen LogP contribution < -0.4 is 11.1 Å². The predicted octanol–water partition coefficient (Wildman–Crippen LogP) is 5.19. The molecule has 188 valence electrons. The van der Waals surface area contributed by atoms with Gasteiger partial charge in [0.1, 0.15) is 17.2 Å². The van der Waals surface area contributed by atoms with Crippen molar-refractivity contribution in [3.05, 3.63) is 59.8 Å². The number of anilines is 2. The number of carbonyl (C=O) groups excluding carboxylic acids is 1. The van der Waals surface area contributed by atoms with E-state index in [-0.39, 0.29) is 12.2 Å². The molecule has 0 bridgehead atoms. The highest BCUT2D eigenvalue weighted by Crippen LogP contribution is 2.32. The summed E-state index contributed by atoms with van der Waals surface area (Å²) in [5.41, 5.74) is 6.13. The van der Waals surface area contributed by atoms with E-state index in [9.17, 15) is 18.0 Å². The highest BCUT2D eigenvalue weighted by Gasteiger charge is 2.31. The first-order chi connectivity index (χ1) is 16.8. The molecule has 3 aromatic heterocycles. The quantitative estimate of drug-likeness (QED) is 0.368. The van der Waals surface area contributed by atoms with Gasteiger partial charge >= 0.3 is 12.3 Å². The number of halogens is 3. The van der Waals surface area contributed by atoms with Crippen molar-refractivity contribution in [3.63, 3.8) is 0 Å². The van der Waals surface area contributed by atoms with Crippen LogP contribution in [-0.2, 0) is 17.5 Å². The number of nitrogens with zero attached hydrogens (tertiary/aromatic N) is 5. The molecule has 3 heterocycles. The Morgan fingerprint density at radius 3 is 2.56 bits per heavy atom. The molecule has 0 saturated heterocycles. The number of nitrogens with two attached hydrogens (primary N) is 1. The summed E-state index contributed by atoms with van der Waals surface area (Å²) in [4.78, 5) is 25.5. The molecular weight excluding hydrogens is 475 g/mol. The summed E-state index contributed by atoms with van der Waals surface area (Å²) in [7, 11) is 0. The molecule has 0 atom stereocenters. The van der Waals surface area contributed by atoms with Gasteiger partial charge in [-0.1, -0.05) is 0 Å². The third-order valence-corrected chi connectivity index (χ3v) is 4.96. The number of aryl methyl sites for hydroxylation is 1. The molecule has 0 fully saturated rings. The number of aromatic nitrogens is 5. The molecule has 4 rings (SSSR count). The van der Waals surface area contributed by atoms with E-state index in [1.54, 1.807) is 40.0 Å². The van der Waals surface area contributed by atoms with Crippen LogP contribution in [0.2, 0.25) is 0 Å². The normalized spacial score (nSPS) is 12.1. The third kappa shape index (κ3) is 5.70. The molecule has 0 aliphatic rings. The number of alkyl halides is 3. The van der Waals surface area contributed by atoms with Gasteiger partial charge in [0.05, 0.1) is 29.2 Å². The lowest BCUT2D eigenvalue weighted by molar-refractivity contribution is -0.137. The Bertz CT molecular complexity index is 1440. The Hall–Kier alpha value is -4.22. The second-order valence-electron chi connectivity index (χ2n) is 9.17. The van der Waals surface area contributed by atoms with E-state index in [1.165, 1.54) is 18.5 Å². The van der Waals surface area contributed by atoms with Crippen molar-refractivity contribution in [1.82, 2.24) is 24.7 Å². The van der Waals surface area contributed by atoms with Crippen molar-refractivity contribution in [2.24, 2.45) is 0 Å². The van der Waals surface area contributed by atoms with Crippen LogP contribution in [0.3, 0.4) is 0 Å². The second-order valence-corrected chi connectivity index (χ2v) is 9.17. The fraction of sp³-hybridized carbons (Fsp3) is 0.292. The summed E-state index contributed by atoms with van der Waals surface area (Å²) in [6, 6.07) is 5.12. The SMILES string of the molecule is Cc1nc(NCc2cc(N)cc(C(F)(F)F)c2)c2cc(-c3cnn(C(=O)OC(C)(C)C)c3)ncc2n1. The van der Waals surface area contributed by atoms with Crippen LogP contribution in [0.4, 0.5) is 29.5 Å². The summed E-state index contributed by atoms with van der Waals surface area (Å²) in [5, 5.41) is 7.73. The number of pyridine rings is 1. The van der Waals surface area contributed by atoms with Crippen LogP contribution in [0.5, 0.6) is 0 Å². The van der Waals surface area contributed by atoms with Gasteiger partial charge in [0.15, 0.2) is 0 Å². The van der Waals surface area contributed by atoms with Crippen LogP contribution in [0.1, 0.15) is 37.7 Å². The molecule has 3 N–H and O–H groups in total. The number of hydrogen-bond donors (Lipinski definition) is 2. The van der Waals surface area contributed by atoms with Gasteiger partial charge in [-0.25, -0.2) is 14.8 Å². The molecule has 1 aromatic carbocycles. The molecule has 4 aromatic rings. The van der Waals surface area contributed by atoms with Gasteiger partial charge < -0.3 is 15.8 Å². The number of hydrogen-bond acceptors (Lipinski definition) is 8. The minimum absolute atomic E-state index is 0.0128. The van der Waals surface area contributed by atoms with Crippen LogP contribution in [0.25, 0.3) is 22.2 Å². The standard InChI is InChI=1S/C24H24F3N7O2/c1-13-32-20-11-29-19(15-10-31-34(12-15)22(35)36-23(2,3)4)8-18(20)21(33-13)30-9-14-5-16(24(25,26)27)7-17(28)6-14/h5-8,10-12H,9,28H2,1-4H3,(H,30,32,33). The van der Waals surface area contributed by atoms with Crippen LogP contribution in [0.15, 0.2) is 42.9 Å². The maximum Gasteiger partial charge on any atom is 0.435 e. The number of benzene rings is 1. The van der Waals surface area contributed by atoms with E-state index < -0.39 is 23.4 Å². The molecule has 0 aliphatic carbocycles. The summed E-state index contributed by atoms with van der Waals surface area (Å²) in [6.07, 6.45) is -0.609. The Labute approximate surface area is 204 Å². The number of nitrogen functional groups attached to an aromatic ring is 1. The van der Waals surface area contributed by atoms with Crippen LogP contribution in [-0.4, -0.2) is 36.4 Å². The monoisotopic (exact) mass is 499 g/mol. The summed E-state index contributed by atoms with van der Waals surface area (Å²) < 4.78 is 45.9. The zero-order valence-corrected chi connectivity index (χ0v) is 20.0. The van der Waals surface area contributed by atoms with E-state index in [0.29, 0.717) is 39.4 Å². The van der Waals surface area contributed by atoms with E-state index in [4.69, 9.17) is 10.5 Å². The number of ether oxygens (including phenoxy) is 1. The van der Waals surface area contributed by atoms with E-state index >= 15 is 0 Å². The minimum Gasteiger partial charge on any atom is -0.442 e. The van der Waals surface area contributed by atoms with Crippen molar-refractivity contribution < 1.29 is 22.7 Å². The lowest BCUT2D eigenvalue weighted by atomic mass is 10.1. The zero-order chi connectivity index (χ0) is 26.3. The van der Waals surface area contributed by atoms with Crippen LogP contribution >= 0.6 is 0 Å². The maximum atomic E-state index is 13.2. The Morgan fingerprint density at radius 2 is 1.86 bits per heavy atom. The number of fused-ring (bicyclic) bond motifs is 1. The smallest absolute Gasteiger partial charge is 0.435 e. The summed E-state index contributed by atoms with van der Waals surface area (Å²) in [6.45, 7) is 7.01. The van der Waals surface area contributed by atoms with Crippen LogP contribution in [0, 0.1) is 6.92 Å². The van der Waals surface area contributed by atoms with Crippen molar-refractivity contribution in [1.29, 1.82) is 0 Å². The third-order valence-electron chi connectivity index (χ3n) is 4.96. The summed E-state index contributed by atoms with van der Waals surface area (Å²) in [5.74, 6) is 0.873. The van der Waals surface area contributed by atoms with Gasteiger partial charge in [0.2, 0.25) is 0 Å². The molecule has 0 amide bonds. The fourth-order valence-corrected chi connectivity index (χ4v) is 3.47. The first kappa shape index (κ1) is 24.9. The summed E-state index contributed by atoms with van der Waals surface area (Å²) >= 11 is 0. The van der Waals surface area contributed by atoms with Crippen molar-refractivity contribution in [3.8, 4) is 11.3 Å². The molecule has 36 heavy (non-hydrogen) atoms. The Morgan fingerprint density at radius 1 is 1.11 bits per heavy atom. The first-order valence-corrected chi connectivity index (χ1v) is 10.9. The number of carbonyl (C=O) groups is 1. The molecule has 0 aliphatic heterocycles. The largest absolute Gasteiger partial charge is 0.442 e. The Kier molecular flexibility index (Phi) is 6.29. The van der Waals surface area contributed by atoms with Gasteiger partial charge in [0.25, 0.3) is 0 Å². The molecule has 0 radical (unpaired) electrons. The maximum absolute atomic E-state index is 13.2.